The average Bonchev–Trinajstić information content (AvgIpc) is 3.39. The zero-order chi connectivity index (χ0) is 20.3. The maximum Gasteiger partial charge on any atom is 0.417 e. The Morgan fingerprint density at radius 2 is 1.83 bits per heavy atom. The second kappa shape index (κ2) is 6.17. The summed E-state index contributed by atoms with van der Waals surface area (Å²) in [6, 6.07) is 10.3. The maximum atomic E-state index is 14.1. The highest BCUT2D eigenvalue weighted by molar-refractivity contribution is 5.88. The van der Waals surface area contributed by atoms with Gasteiger partial charge in [0.15, 0.2) is 5.65 Å². The minimum atomic E-state index is -4.51. The van der Waals surface area contributed by atoms with Gasteiger partial charge in [0, 0.05) is 24.2 Å². The van der Waals surface area contributed by atoms with Crippen LogP contribution in [0.3, 0.4) is 0 Å². The molecule has 1 fully saturated rings. The summed E-state index contributed by atoms with van der Waals surface area (Å²) in [5.74, 6) is 0.0522. The van der Waals surface area contributed by atoms with E-state index in [0.717, 1.165) is 24.6 Å². The summed E-state index contributed by atoms with van der Waals surface area (Å²) in [7, 11) is 1.75. The Bertz CT molecular complexity index is 1220. The molecule has 0 radical (unpaired) electrons. The van der Waals surface area contributed by atoms with Crippen LogP contribution in [0, 0.1) is 6.92 Å². The first-order valence-corrected chi connectivity index (χ1v) is 9.40. The van der Waals surface area contributed by atoms with Crippen LogP contribution in [0.2, 0.25) is 0 Å². The molecule has 148 valence electrons. The van der Waals surface area contributed by atoms with Crippen LogP contribution in [-0.2, 0) is 13.2 Å². The molecule has 3 aromatic heterocycles. The molecule has 0 atom stereocenters. The number of aryl methyl sites for hydroxylation is 1. The monoisotopic (exact) mass is 397 g/mol. The first-order valence-electron chi connectivity index (χ1n) is 9.40. The molecule has 0 bridgehead atoms. The lowest BCUT2D eigenvalue weighted by Gasteiger charge is -2.12. The van der Waals surface area contributed by atoms with Gasteiger partial charge in [-0.25, -0.2) is 9.67 Å². The van der Waals surface area contributed by atoms with Crippen LogP contribution in [0.1, 0.15) is 35.7 Å². The zero-order valence-electron chi connectivity index (χ0n) is 15.9. The topological polar surface area (TPSA) is 48.5 Å². The molecule has 0 unspecified atom stereocenters. The molecule has 5 nitrogen and oxygen atoms in total. The average molecular weight is 397 g/mol. The second-order valence-corrected chi connectivity index (χ2v) is 7.43. The first kappa shape index (κ1) is 17.9. The van der Waals surface area contributed by atoms with E-state index in [1.807, 2.05) is 37.3 Å². The van der Waals surface area contributed by atoms with Crippen molar-refractivity contribution in [1.29, 1.82) is 0 Å². The summed E-state index contributed by atoms with van der Waals surface area (Å²) in [6.07, 6.45) is -1.27. The van der Waals surface area contributed by atoms with E-state index in [-0.39, 0.29) is 22.6 Å². The summed E-state index contributed by atoms with van der Waals surface area (Å²) in [4.78, 5) is 4.65. The molecule has 4 aromatic rings. The van der Waals surface area contributed by atoms with Gasteiger partial charge in [-0.1, -0.05) is 18.2 Å². The quantitative estimate of drug-likeness (QED) is 0.487. The third-order valence-electron chi connectivity index (χ3n) is 5.45. The van der Waals surface area contributed by atoms with Crippen LogP contribution in [0.15, 0.2) is 42.6 Å². The van der Waals surface area contributed by atoms with E-state index in [2.05, 4.69) is 15.2 Å². The first-order chi connectivity index (χ1) is 13.8. The van der Waals surface area contributed by atoms with Crippen LogP contribution >= 0.6 is 0 Å². The Kier molecular flexibility index (Phi) is 3.81. The molecule has 1 aliphatic carbocycles. The second-order valence-electron chi connectivity index (χ2n) is 7.43. The summed E-state index contributed by atoms with van der Waals surface area (Å²) in [5.41, 5.74) is 2.28. The van der Waals surface area contributed by atoms with Gasteiger partial charge in [0.2, 0.25) is 0 Å². The number of para-hydroxylation sites is 1. The van der Waals surface area contributed by atoms with E-state index in [4.69, 9.17) is 0 Å². The lowest BCUT2D eigenvalue weighted by molar-refractivity contribution is -0.136. The largest absolute Gasteiger partial charge is 0.417 e. The van der Waals surface area contributed by atoms with Crippen molar-refractivity contribution in [3.8, 4) is 16.9 Å². The van der Waals surface area contributed by atoms with Crippen molar-refractivity contribution < 1.29 is 13.2 Å². The lowest BCUT2D eigenvalue weighted by atomic mass is 10.0. The van der Waals surface area contributed by atoms with Gasteiger partial charge in [0.1, 0.15) is 0 Å². The van der Waals surface area contributed by atoms with E-state index in [9.17, 15) is 13.2 Å². The molecule has 1 aliphatic rings. The Morgan fingerprint density at radius 3 is 2.41 bits per heavy atom. The smallest absolute Gasteiger partial charge is 0.272 e. The van der Waals surface area contributed by atoms with Gasteiger partial charge in [0.25, 0.3) is 0 Å². The van der Waals surface area contributed by atoms with E-state index in [0.29, 0.717) is 16.9 Å². The van der Waals surface area contributed by atoms with E-state index >= 15 is 0 Å². The van der Waals surface area contributed by atoms with Gasteiger partial charge < -0.3 is 0 Å². The van der Waals surface area contributed by atoms with Crippen molar-refractivity contribution in [3.63, 3.8) is 0 Å². The molecule has 1 aromatic carbocycles. The molecule has 29 heavy (non-hydrogen) atoms. The highest BCUT2D eigenvalue weighted by atomic mass is 19.4. The predicted molar refractivity (Wildman–Crippen MR) is 103 cm³/mol. The number of fused-ring (bicyclic) bond motifs is 1. The molecule has 0 N–H and O–H groups in total. The lowest BCUT2D eigenvalue weighted by Crippen LogP contribution is -2.08. The minimum absolute atomic E-state index is 0.0522. The fourth-order valence-electron chi connectivity index (χ4n) is 3.65. The van der Waals surface area contributed by atoms with Crippen LogP contribution in [0.5, 0.6) is 0 Å². The molecule has 3 heterocycles. The van der Waals surface area contributed by atoms with Crippen LogP contribution in [-0.4, -0.2) is 24.5 Å². The van der Waals surface area contributed by atoms with Gasteiger partial charge in [-0.15, -0.1) is 0 Å². The Labute approximate surface area is 164 Å². The number of hydrogen-bond acceptors (Lipinski definition) is 3. The summed E-state index contributed by atoms with van der Waals surface area (Å²) >= 11 is 0. The normalized spacial score (nSPS) is 14.7. The van der Waals surface area contributed by atoms with Crippen LogP contribution in [0.25, 0.3) is 28.0 Å². The number of pyridine rings is 1. The van der Waals surface area contributed by atoms with Gasteiger partial charge in [-0.05, 0) is 38.0 Å². The highest BCUT2D eigenvalue weighted by Crippen LogP contribution is 2.47. The number of alkyl halides is 3. The van der Waals surface area contributed by atoms with Gasteiger partial charge in [-0.3, -0.25) is 4.68 Å². The van der Waals surface area contributed by atoms with Crippen molar-refractivity contribution in [3.05, 3.63) is 59.5 Å². The predicted octanol–water partition coefficient (Wildman–Crippen LogP) is 5.03. The SMILES string of the molecule is Cc1c(-c2cc(C(F)(F)F)c3c(C4CC4)nn(-c4ccccc4)c3n2)cnn1C. The molecular formula is C21H18F3N5. The molecule has 0 spiro atoms. The van der Waals surface area contributed by atoms with Crippen LogP contribution in [0.4, 0.5) is 13.2 Å². The molecule has 0 saturated heterocycles. The van der Waals surface area contributed by atoms with Gasteiger partial charge >= 0.3 is 6.18 Å². The standard InChI is InChI=1S/C21H18F3N5/c1-12-15(11-25-28(12)2)17-10-16(21(22,23)24)18-19(13-8-9-13)27-29(20(18)26-17)14-6-4-3-5-7-14/h3-7,10-11,13H,8-9H2,1-2H3. The molecule has 0 amide bonds. The Morgan fingerprint density at radius 1 is 1.10 bits per heavy atom. The number of nitrogens with zero attached hydrogens (tertiary/aromatic N) is 5. The third kappa shape index (κ3) is 2.90. The highest BCUT2D eigenvalue weighted by Gasteiger charge is 2.39. The third-order valence-corrected chi connectivity index (χ3v) is 5.45. The van der Waals surface area contributed by atoms with Gasteiger partial charge in [-0.2, -0.15) is 23.4 Å². The Balaban J connectivity index is 1.87. The van der Waals surface area contributed by atoms with Crippen molar-refractivity contribution in [2.75, 3.05) is 0 Å². The molecule has 8 heteroatoms. The number of hydrogen-bond donors (Lipinski definition) is 0. The molecular weight excluding hydrogens is 379 g/mol. The number of rotatable bonds is 3. The van der Waals surface area contributed by atoms with E-state index < -0.39 is 11.7 Å². The molecule has 1 saturated carbocycles. The van der Waals surface area contributed by atoms with Crippen molar-refractivity contribution in [2.45, 2.75) is 31.9 Å². The zero-order valence-corrected chi connectivity index (χ0v) is 15.9. The number of benzene rings is 1. The van der Waals surface area contributed by atoms with E-state index in [1.165, 1.54) is 4.68 Å². The summed E-state index contributed by atoms with van der Waals surface area (Å²) in [5, 5.41) is 8.86. The van der Waals surface area contributed by atoms with Crippen molar-refractivity contribution in [1.82, 2.24) is 24.5 Å². The summed E-state index contributed by atoms with van der Waals surface area (Å²) < 4.78 is 45.5. The Hall–Kier alpha value is -3.16. The fourth-order valence-corrected chi connectivity index (χ4v) is 3.65. The van der Waals surface area contributed by atoms with Crippen LogP contribution < -0.4 is 0 Å². The van der Waals surface area contributed by atoms with Crippen molar-refractivity contribution >= 4 is 11.0 Å². The fraction of sp³-hybridized carbons (Fsp3) is 0.286. The molecule has 0 aliphatic heterocycles. The summed E-state index contributed by atoms with van der Waals surface area (Å²) in [6.45, 7) is 1.81. The van der Waals surface area contributed by atoms with Crippen molar-refractivity contribution in [2.24, 2.45) is 7.05 Å². The van der Waals surface area contributed by atoms with E-state index in [1.54, 1.807) is 17.9 Å². The number of halogens is 3. The van der Waals surface area contributed by atoms with Gasteiger partial charge in [0.05, 0.1) is 34.2 Å². The maximum absolute atomic E-state index is 14.1. The number of aromatic nitrogens is 5. The molecule has 5 rings (SSSR count). The minimum Gasteiger partial charge on any atom is -0.272 e.